The van der Waals surface area contributed by atoms with Crippen LogP contribution >= 0.6 is 15.9 Å². The van der Waals surface area contributed by atoms with Gasteiger partial charge in [-0.3, -0.25) is 9.59 Å². The third-order valence-corrected chi connectivity index (χ3v) is 3.68. The maximum Gasteiger partial charge on any atom is 0.305 e. The number of carbonyl (C=O) groups excluding carboxylic acids is 1. The van der Waals surface area contributed by atoms with E-state index in [1.807, 2.05) is 0 Å². The number of amides is 1. The van der Waals surface area contributed by atoms with Gasteiger partial charge in [-0.15, -0.1) is 0 Å². The summed E-state index contributed by atoms with van der Waals surface area (Å²) in [5.41, 5.74) is 0.373. The number of phenols is 1. The van der Waals surface area contributed by atoms with Crippen molar-refractivity contribution in [2.24, 2.45) is 0 Å². The molecule has 2 N–H and O–H groups in total. The van der Waals surface area contributed by atoms with Crippen molar-refractivity contribution in [2.45, 2.75) is 25.3 Å². The van der Waals surface area contributed by atoms with Crippen molar-refractivity contribution in [3.05, 3.63) is 28.2 Å². The summed E-state index contributed by atoms with van der Waals surface area (Å²) in [6.07, 6.45) is 1.76. The van der Waals surface area contributed by atoms with Crippen LogP contribution in [0.15, 0.2) is 22.7 Å². The van der Waals surface area contributed by atoms with Crippen molar-refractivity contribution in [3.63, 3.8) is 0 Å². The number of aliphatic carboxylic acids is 1. The molecule has 0 bridgehead atoms. The Kier molecular flexibility index (Phi) is 4.09. The second-order valence-corrected chi connectivity index (χ2v) is 5.39. The lowest BCUT2D eigenvalue weighted by atomic mass is 10.2. The number of nitrogens with zero attached hydrogens (tertiary/aromatic N) is 1. The van der Waals surface area contributed by atoms with Gasteiger partial charge in [0.2, 0.25) is 0 Å². The normalized spacial score (nSPS) is 14.2. The highest BCUT2D eigenvalue weighted by Crippen LogP contribution is 2.30. The Balaban J connectivity index is 2.14. The molecule has 0 heterocycles. The lowest BCUT2D eigenvalue weighted by molar-refractivity contribution is -0.137. The Morgan fingerprint density at radius 3 is 2.58 bits per heavy atom. The Morgan fingerprint density at radius 2 is 2.05 bits per heavy atom. The first-order chi connectivity index (χ1) is 8.99. The van der Waals surface area contributed by atoms with Gasteiger partial charge in [0.1, 0.15) is 5.75 Å². The molecule has 19 heavy (non-hydrogen) atoms. The van der Waals surface area contributed by atoms with E-state index in [1.54, 1.807) is 17.0 Å². The average molecular weight is 328 g/mol. The Morgan fingerprint density at radius 1 is 1.37 bits per heavy atom. The van der Waals surface area contributed by atoms with Gasteiger partial charge in [0.15, 0.2) is 0 Å². The molecule has 0 saturated heterocycles. The molecule has 5 nitrogen and oxygen atoms in total. The molecule has 1 aliphatic rings. The summed E-state index contributed by atoms with van der Waals surface area (Å²) < 4.78 is 0.521. The number of halogens is 1. The number of carbonyl (C=O) groups is 2. The smallest absolute Gasteiger partial charge is 0.305 e. The molecule has 1 aliphatic carbocycles. The lowest BCUT2D eigenvalue weighted by Crippen LogP contribution is -2.34. The van der Waals surface area contributed by atoms with Crippen LogP contribution in [0.2, 0.25) is 0 Å². The van der Waals surface area contributed by atoms with E-state index in [0.717, 1.165) is 12.8 Å². The van der Waals surface area contributed by atoms with Crippen LogP contribution in [0.25, 0.3) is 0 Å². The summed E-state index contributed by atoms with van der Waals surface area (Å²) in [5, 5.41) is 18.3. The SMILES string of the molecule is O=C(O)CCN(C(=O)c1ccc(Br)c(O)c1)C1CC1. The third kappa shape index (κ3) is 3.47. The monoisotopic (exact) mass is 327 g/mol. The molecule has 6 heteroatoms. The van der Waals surface area contributed by atoms with Crippen LogP contribution in [0, 0.1) is 0 Å². The summed E-state index contributed by atoms with van der Waals surface area (Å²) in [7, 11) is 0. The van der Waals surface area contributed by atoms with Crippen LogP contribution in [0.5, 0.6) is 5.75 Å². The molecule has 1 fully saturated rings. The molecule has 1 aromatic carbocycles. The maximum atomic E-state index is 12.3. The molecule has 0 aromatic heterocycles. The van der Waals surface area contributed by atoms with Gasteiger partial charge in [0.25, 0.3) is 5.91 Å². The summed E-state index contributed by atoms with van der Waals surface area (Å²) in [4.78, 5) is 24.5. The fraction of sp³-hybridized carbons (Fsp3) is 0.385. The Labute approximate surface area is 119 Å². The fourth-order valence-electron chi connectivity index (χ4n) is 1.86. The van der Waals surface area contributed by atoms with Gasteiger partial charge >= 0.3 is 5.97 Å². The molecule has 1 saturated carbocycles. The van der Waals surface area contributed by atoms with Crippen LogP contribution < -0.4 is 0 Å². The molecule has 102 valence electrons. The van der Waals surface area contributed by atoms with Crippen molar-refractivity contribution in [1.29, 1.82) is 0 Å². The number of phenolic OH excluding ortho intramolecular Hbond substituents is 1. The highest BCUT2D eigenvalue weighted by molar-refractivity contribution is 9.10. The van der Waals surface area contributed by atoms with Gasteiger partial charge in [-0.1, -0.05) is 0 Å². The zero-order valence-electron chi connectivity index (χ0n) is 10.2. The van der Waals surface area contributed by atoms with E-state index < -0.39 is 5.97 Å². The predicted molar refractivity (Wildman–Crippen MR) is 72.1 cm³/mol. The molecular weight excluding hydrogens is 314 g/mol. The number of carboxylic acid groups (broad SMARTS) is 1. The lowest BCUT2D eigenvalue weighted by Gasteiger charge is -2.21. The van der Waals surface area contributed by atoms with E-state index in [0.29, 0.717) is 10.0 Å². The highest BCUT2D eigenvalue weighted by atomic mass is 79.9. The van der Waals surface area contributed by atoms with E-state index in [-0.39, 0.29) is 30.7 Å². The van der Waals surface area contributed by atoms with Crippen molar-refractivity contribution in [1.82, 2.24) is 4.90 Å². The van der Waals surface area contributed by atoms with E-state index in [9.17, 15) is 14.7 Å². The first-order valence-electron chi connectivity index (χ1n) is 6.00. The molecule has 0 spiro atoms. The third-order valence-electron chi connectivity index (χ3n) is 3.01. The minimum Gasteiger partial charge on any atom is -0.507 e. The summed E-state index contributed by atoms with van der Waals surface area (Å²) in [5.74, 6) is -1.15. The number of rotatable bonds is 5. The van der Waals surface area contributed by atoms with Crippen molar-refractivity contribution < 1.29 is 19.8 Å². The summed E-state index contributed by atoms with van der Waals surface area (Å²) in [6.45, 7) is 0.204. The van der Waals surface area contributed by atoms with Crippen LogP contribution in [0.4, 0.5) is 0 Å². The number of carboxylic acids is 1. The zero-order chi connectivity index (χ0) is 14.0. The van der Waals surface area contributed by atoms with Crippen molar-refractivity contribution in [3.8, 4) is 5.75 Å². The first kappa shape index (κ1) is 13.9. The first-order valence-corrected chi connectivity index (χ1v) is 6.79. The molecule has 2 rings (SSSR count). The second-order valence-electron chi connectivity index (χ2n) is 4.54. The maximum absolute atomic E-state index is 12.3. The molecule has 0 aliphatic heterocycles. The van der Waals surface area contributed by atoms with E-state index >= 15 is 0 Å². The Hall–Kier alpha value is -1.56. The number of hydrogen-bond acceptors (Lipinski definition) is 3. The number of hydrogen-bond donors (Lipinski definition) is 2. The Bertz CT molecular complexity index is 513. The average Bonchev–Trinajstić information content (AvgIpc) is 3.16. The number of benzene rings is 1. The molecule has 0 atom stereocenters. The van der Waals surface area contributed by atoms with Gasteiger partial charge in [-0.2, -0.15) is 0 Å². The minimum atomic E-state index is -0.919. The largest absolute Gasteiger partial charge is 0.507 e. The van der Waals surface area contributed by atoms with E-state index in [4.69, 9.17) is 5.11 Å². The van der Waals surface area contributed by atoms with E-state index in [2.05, 4.69) is 15.9 Å². The molecular formula is C13H14BrNO4. The van der Waals surface area contributed by atoms with Crippen LogP contribution in [-0.4, -0.2) is 39.6 Å². The molecule has 0 unspecified atom stereocenters. The van der Waals surface area contributed by atoms with Crippen molar-refractivity contribution in [2.75, 3.05) is 6.54 Å². The van der Waals surface area contributed by atoms with E-state index in [1.165, 1.54) is 6.07 Å². The molecule has 1 aromatic rings. The topological polar surface area (TPSA) is 77.8 Å². The van der Waals surface area contributed by atoms with Gasteiger partial charge in [0.05, 0.1) is 10.9 Å². The highest BCUT2D eigenvalue weighted by Gasteiger charge is 2.33. The van der Waals surface area contributed by atoms with Crippen LogP contribution in [0.1, 0.15) is 29.6 Å². The van der Waals surface area contributed by atoms with Gasteiger partial charge in [0, 0.05) is 18.2 Å². The van der Waals surface area contributed by atoms with Gasteiger partial charge in [-0.25, -0.2) is 0 Å². The number of aromatic hydroxyl groups is 1. The summed E-state index contributed by atoms with van der Waals surface area (Å²) >= 11 is 3.15. The standard InChI is InChI=1S/C13H14BrNO4/c14-10-4-1-8(7-11(10)16)13(19)15(9-2-3-9)6-5-12(17)18/h1,4,7,9,16H,2-3,5-6H2,(H,17,18). The van der Waals surface area contributed by atoms with Crippen molar-refractivity contribution >= 4 is 27.8 Å². The molecule has 0 radical (unpaired) electrons. The van der Waals surface area contributed by atoms with Gasteiger partial charge in [-0.05, 0) is 47.0 Å². The van der Waals surface area contributed by atoms with Gasteiger partial charge < -0.3 is 15.1 Å². The predicted octanol–water partition coefficient (Wildman–Crippen LogP) is 2.23. The van der Waals surface area contributed by atoms with Crippen LogP contribution in [0.3, 0.4) is 0 Å². The summed E-state index contributed by atoms with van der Waals surface area (Å²) in [6, 6.07) is 4.74. The molecule has 1 amide bonds. The van der Waals surface area contributed by atoms with Crippen LogP contribution in [-0.2, 0) is 4.79 Å². The fourth-order valence-corrected chi connectivity index (χ4v) is 2.11. The quantitative estimate of drug-likeness (QED) is 0.869. The zero-order valence-corrected chi connectivity index (χ0v) is 11.8. The minimum absolute atomic E-state index is 0.000156. The second kappa shape index (κ2) is 5.61.